The van der Waals surface area contributed by atoms with E-state index in [1.165, 1.54) is 0 Å². The lowest BCUT2D eigenvalue weighted by Gasteiger charge is -2.30. The molecule has 0 amide bonds. The van der Waals surface area contributed by atoms with Crippen molar-refractivity contribution in [3.05, 3.63) is 46.0 Å². The summed E-state index contributed by atoms with van der Waals surface area (Å²) in [5.41, 5.74) is 0.367. The summed E-state index contributed by atoms with van der Waals surface area (Å²) in [6, 6.07) is 7.29. The van der Waals surface area contributed by atoms with Gasteiger partial charge in [0.1, 0.15) is 0 Å². The van der Waals surface area contributed by atoms with Gasteiger partial charge in [-0.05, 0) is 4.92 Å². The van der Waals surface area contributed by atoms with Gasteiger partial charge in [-0.15, -0.1) is 0 Å². The van der Waals surface area contributed by atoms with Crippen LogP contribution in [0.1, 0.15) is 22.8 Å². The molecule has 2 aliphatic rings. The number of tetrazole rings is 1. The van der Waals surface area contributed by atoms with Crippen LogP contribution in [-0.4, -0.2) is 55.7 Å². The van der Waals surface area contributed by atoms with Gasteiger partial charge >= 0.3 is 5.95 Å². The second kappa shape index (κ2) is 6.35. The molecule has 11 heteroatoms. The lowest BCUT2D eigenvalue weighted by Crippen LogP contribution is -2.43. The average Bonchev–Trinajstić information content (AvgIpc) is 3.29. The number of aromatic nitrogens is 4. The minimum absolute atomic E-state index is 0.0217. The summed E-state index contributed by atoms with van der Waals surface area (Å²) in [5.74, 6) is -2.02. The second-order valence-electron chi connectivity index (χ2n) is 6.02. The zero-order chi connectivity index (χ0) is 18.3. The molecule has 1 aromatic heterocycles. The third-order valence-corrected chi connectivity index (χ3v) is 4.45. The van der Waals surface area contributed by atoms with Crippen LogP contribution in [-0.2, 0) is 14.3 Å². The number of hydrogen-bond acceptors (Lipinski definition) is 9. The van der Waals surface area contributed by atoms with Gasteiger partial charge in [0.15, 0.2) is 17.6 Å². The molecule has 4 atom stereocenters. The molecule has 0 saturated carbocycles. The second-order valence-corrected chi connectivity index (χ2v) is 6.02. The SMILES string of the molecule is O=C(c1ccccc1)C([C@H]1CC(=O)[C@@H]2OC[C@H]1O2)n1nnc([N+](=O)[O-])n1. The molecule has 2 saturated heterocycles. The van der Waals surface area contributed by atoms with Crippen LogP contribution in [0.5, 0.6) is 0 Å². The molecule has 134 valence electrons. The molecule has 2 fully saturated rings. The molecule has 0 spiro atoms. The van der Waals surface area contributed by atoms with Crippen molar-refractivity contribution in [3.8, 4) is 0 Å². The molecule has 0 aliphatic carbocycles. The molecule has 26 heavy (non-hydrogen) atoms. The van der Waals surface area contributed by atoms with E-state index in [9.17, 15) is 19.7 Å². The fourth-order valence-corrected chi connectivity index (χ4v) is 3.24. The van der Waals surface area contributed by atoms with E-state index >= 15 is 0 Å². The van der Waals surface area contributed by atoms with Crippen LogP contribution in [0, 0.1) is 16.0 Å². The van der Waals surface area contributed by atoms with Crippen LogP contribution in [0.15, 0.2) is 30.3 Å². The number of ether oxygens (including phenoxy) is 2. The Hall–Kier alpha value is -3.05. The predicted octanol–water partition coefficient (Wildman–Crippen LogP) is 0.336. The van der Waals surface area contributed by atoms with Gasteiger partial charge in [-0.1, -0.05) is 35.1 Å². The highest BCUT2D eigenvalue weighted by Gasteiger charge is 2.50. The first-order chi connectivity index (χ1) is 12.5. The van der Waals surface area contributed by atoms with Crippen LogP contribution >= 0.6 is 0 Å². The van der Waals surface area contributed by atoms with Crippen molar-refractivity contribution in [2.45, 2.75) is 24.9 Å². The first-order valence-corrected chi connectivity index (χ1v) is 7.87. The normalized spacial score (nSPS) is 25.8. The van der Waals surface area contributed by atoms with E-state index in [0.717, 1.165) is 4.80 Å². The molecule has 1 aromatic carbocycles. The van der Waals surface area contributed by atoms with E-state index in [1.54, 1.807) is 30.3 Å². The zero-order valence-electron chi connectivity index (χ0n) is 13.3. The standard InChI is InChI=1S/C15H13N5O6/c21-10-6-9(11-7-25-14(10)26-11)12(13(22)8-4-2-1-3-5-8)19-17-15(16-18-19)20(23)24/h1-5,9,11-12,14H,6-7H2/t9-,11+,12?,14+/m0/s1. The van der Waals surface area contributed by atoms with E-state index in [-0.39, 0.29) is 24.6 Å². The van der Waals surface area contributed by atoms with E-state index in [2.05, 4.69) is 15.4 Å². The van der Waals surface area contributed by atoms with Crippen LogP contribution in [0.4, 0.5) is 5.95 Å². The minimum atomic E-state index is -1.07. The zero-order valence-corrected chi connectivity index (χ0v) is 13.3. The summed E-state index contributed by atoms with van der Waals surface area (Å²) in [6.45, 7) is 0.149. The first kappa shape index (κ1) is 16.4. The molecule has 2 bridgehead atoms. The lowest BCUT2D eigenvalue weighted by atomic mass is 9.84. The monoisotopic (exact) mass is 359 g/mol. The maximum atomic E-state index is 13.1. The Morgan fingerprint density at radius 3 is 2.81 bits per heavy atom. The molecule has 2 aromatic rings. The van der Waals surface area contributed by atoms with Gasteiger partial charge in [-0.25, -0.2) is 0 Å². The summed E-state index contributed by atoms with van der Waals surface area (Å²) in [7, 11) is 0. The van der Waals surface area contributed by atoms with Crippen molar-refractivity contribution < 1.29 is 24.0 Å². The summed E-state index contributed by atoms with van der Waals surface area (Å²) >= 11 is 0. The number of nitrogens with zero attached hydrogens (tertiary/aromatic N) is 5. The highest BCUT2D eigenvalue weighted by Crippen LogP contribution is 2.37. The van der Waals surface area contributed by atoms with Crippen LogP contribution < -0.4 is 0 Å². The van der Waals surface area contributed by atoms with Gasteiger partial charge in [0, 0.05) is 23.1 Å². The van der Waals surface area contributed by atoms with Gasteiger partial charge in [0.2, 0.25) is 6.29 Å². The van der Waals surface area contributed by atoms with Crippen LogP contribution in [0.3, 0.4) is 0 Å². The van der Waals surface area contributed by atoms with Gasteiger partial charge in [0.05, 0.1) is 22.9 Å². The summed E-state index contributed by atoms with van der Waals surface area (Å²) in [4.78, 5) is 36.2. The molecule has 11 nitrogen and oxygen atoms in total. The Bertz CT molecular complexity index is 868. The minimum Gasteiger partial charge on any atom is -0.390 e. The van der Waals surface area contributed by atoms with Gasteiger partial charge in [-0.3, -0.25) is 9.59 Å². The number of Topliss-reactive ketones (excluding diaryl/α,β-unsaturated/α-hetero) is 2. The molecule has 1 unspecified atom stereocenters. The molecule has 4 rings (SSSR count). The number of rotatable bonds is 5. The molecular weight excluding hydrogens is 346 g/mol. The molecule has 3 heterocycles. The highest BCUT2D eigenvalue weighted by molar-refractivity contribution is 5.99. The van der Waals surface area contributed by atoms with E-state index in [4.69, 9.17) is 9.47 Å². The number of carbonyl (C=O) groups excluding carboxylic acids is 2. The molecule has 0 N–H and O–H groups in total. The summed E-state index contributed by atoms with van der Waals surface area (Å²) in [5, 5.41) is 21.6. The number of nitro groups is 1. The highest BCUT2D eigenvalue weighted by atomic mass is 16.7. The maximum absolute atomic E-state index is 13.1. The number of benzene rings is 1. The van der Waals surface area contributed by atoms with Crippen molar-refractivity contribution in [1.29, 1.82) is 0 Å². The molecule has 2 aliphatic heterocycles. The fraction of sp³-hybridized carbons (Fsp3) is 0.400. The quantitative estimate of drug-likeness (QED) is 0.420. The Morgan fingerprint density at radius 1 is 1.35 bits per heavy atom. The molecule has 0 radical (unpaired) electrons. The van der Waals surface area contributed by atoms with Crippen molar-refractivity contribution in [2.24, 2.45) is 5.92 Å². The Labute approximate surface area is 146 Å². The van der Waals surface area contributed by atoms with Crippen molar-refractivity contribution in [3.63, 3.8) is 0 Å². The van der Waals surface area contributed by atoms with Crippen LogP contribution in [0.25, 0.3) is 0 Å². The van der Waals surface area contributed by atoms with Crippen LogP contribution in [0.2, 0.25) is 0 Å². The Morgan fingerprint density at radius 2 is 2.12 bits per heavy atom. The largest absolute Gasteiger partial charge is 0.514 e. The number of ketones is 2. The predicted molar refractivity (Wildman–Crippen MR) is 82.0 cm³/mol. The number of fused-ring (bicyclic) bond motifs is 2. The molecular formula is C15H13N5O6. The smallest absolute Gasteiger partial charge is 0.390 e. The Kier molecular flexibility index (Phi) is 4.01. The van der Waals surface area contributed by atoms with Gasteiger partial charge in [-0.2, -0.15) is 0 Å². The van der Waals surface area contributed by atoms with E-state index in [1.807, 2.05) is 0 Å². The first-order valence-electron chi connectivity index (χ1n) is 7.87. The lowest BCUT2D eigenvalue weighted by molar-refractivity contribution is -0.394. The third kappa shape index (κ3) is 2.76. The number of hydrogen-bond donors (Lipinski definition) is 0. The maximum Gasteiger partial charge on any atom is 0.514 e. The van der Waals surface area contributed by atoms with Crippen molar-refractivity contribution >= 4 is 17.5 Å². The van der Waals surface area contributed by atoms with E-state index < -0.39 is 35.2 Å². The van der Waals surface area contributed by atoms with Gasteiger partial charge in [0.25, 0.3) is 0 Å². The summed E-state index contributed by atoms with van der Waals surface area (Å²) < 4.78 is 10.8. The van der Waals surface area contributed by atoms with Crippen molar-refractivity contribution in [1.82, 2.24) is 20.2 Å². The van der Waals surface area contributed by atoms with E-state index in [0.29, 0.717) is 5.56 Å². The fourth-order valence-electron chi connectivity index (χ4n) is 3.24. The Balaban J connectivity index is 1.74. The average molecular weight is 359 g/mol. The number of carbonyl (C=O) groups is 2. The summed E-state index contributed by atoms with van der Waals surface area (Å²) in [6.07, 6.45) is -1.41. The van der Waals surface area contributed by atoms with Crippen molar-refractivity contribution in [2.75, 3.05) is 6.61 Å². The van der Waals surface area contributed by atoms with Gasteiger partial charge < -0.3 is 19.6 Å². The third-order valence-electron chi connectivity index (χ3n) is 4.45. The topological polar surface area (TPSA) is 139 Å².